The number of nitrogens with two attached hydrogens (primary N) is 1. The van der Waals surface area contributed by atoms with E-state index in [1.54, 1.807) is 0 Å². The summed E-state index contributed by atoms with van der Waals surface area (Å²) in [4.78, 5) is 0. The molecule has 28 heavy (non-hydrogen) atoms. The van der Waals surface area contributed by atoms with Crippen molar-refractivity contribution in [2.45, 2.75) is 6.61 Å². The summed E-state index contributed by atoms with van der Waals surface area (Å²) >= 11 is 6.33. The van der Waals surface area contributed by atoms with Gasteiger partial charge in [0.25, 0.3) is 0 Å². The number of rotatable bonds is 5. The number of halogens is 1. The molecule has 4 aromatic carbocycles. The Labute approximate surface area is 170 Å². The van der Waals surface area contributed by atoms with E-state index in [0.717, 1.165) is 39.3 Å². The number of hydrogen-bond donors (Lipinski definition) is 1. The Bertz CT molecular complexity index is 1090. The second-order valence-electron chi connectivity index (χ2n) is 6.59. The number of nitrogen functional groups attached to an aromatic ring is 1. The van der Waals surface area contributed by atoms with Crippen molar-refractivity contribution in [1.82, 2.24) is 0 Å². The van der Waals surface area contributed by atoms with Crippen molar-refractivity contribution in [3.63, 3.8) is 0 Å². The second kappa shape index (κ2) is 8.20. The van der Waals surface area contributed by atoms with Gasteiger partial charge in [-0.3, -0.25) is 0 Å². The topological polar surface area (TPSA) is 35.2 Å². The van der Waals surface area contributed by atoms with Crippen LogP contribution in [0.5, 0.6) is 5.75 Å². The Morgan fingerprint density at radius 3 is 2.21 bits per heavy atom. The van der Waals surface area contributed by atoms with Gasteiger partial charge in [0, 0.05) is 16.3 Å². The monoisotopic (exact) mass is 385 g/mol. The van der Waals surface area contributed by atoms with E-state index in [2.05, 4.69) is 30.3 Å². The molecular weight excluding hydrogens is 366 g/mol. The molecule has 0 aliphatic carbocycles. The standard InChI is InChI=1S/C25H20ClNO/c26-20-13-14-25(28-17-18-7-2-1-3-8-18)24(16-20)23-12-5-4-11-22(23)19-9-6-10-21(27)15-19/h1-16H,17,27H2. The molecule has 0 aromatic heterocycles. The summed E-state index contributed by atoms with van der Waals surface area (Å²) in [5.74, 6) is 0.796. The molecule has 0 spiro atoms. The lowest BCUT2D eigenvalue weighted by Crippen LogP contribution is -1.97. The molecule has 0 aliphatic heterocycles. The summed E-state index contributed by atoms with van der Waals surface area (Å²) in [6, 6.07) is 32.0. The van der Waals surface area contributed by atoms with Gasteiger partial charge in [-0.15, -0.1) is 0 Å². The van der Waals surface area contributed by atoms with Crippen LogP contribution < -0.4 is 10.5 Å². The highest BCUT2D eigenvalue weighted by Gasteiger charge is 2.13. The van der Waals surface area contributed by atoms with Gasteiger partial charge in [0.15, 0.2) is 0 Å². The first-order chi connectivity index (χ1) is 13.7. The van der Waals surface area contributed by atoms with Crippen LogP contribution in [0.3, 0.4) is 0 Å². The maximum absolute atomic E-state index is 6.33. The zero-order valence-electron chi connectivity index (χ0n) is 15.3. The van der Waals surface area contributed by atoms with Crippen LogP contribution in [-0.4, -0.2) is 0 Å². The number of hydrogen-bond acceptors (Lipinski definition) is 2. The molecular formula is C25H20ClNO. The molecule has 0 unspecified atom stereocenters. The molecule has 0 aliphatic rings. The minimum absolute atomic E-state index is 0.496. The van der Waals surface area contributed by atoms with E-state index in [4.69, 9.17) is 22.1 Å². The summed E-state index contributed by atoms with van der Waals surface area (Å²) in [5, 5.41) is 0.671. The highest BCUT2D eigenvalue weighted by atomic mass is 35.5. The summed E-state index contributed by atoms with van der Waals surface area (Å²) in [6.07, 6.45) is 0. The molecule has 4 aromatic rings. The van der Waals surface area contributed by atoms with Gasteiger partial charge >= 0.3 is 0 Å². The summed E-state index contributed by atoms with van der Waals surface area (Å²) in [6.45, 7) is 0.496. The Hall–Kier alpha value is -3.23. The van der Waals surface area contributed by atoms with Crippen LogP contribution in [0.4, 0.5) is 5.69 Å². The fourth-order valence-corrected chi connectivity index (χ4v) is 3.42. The molecule has 0 saturated heterocycles. The lowest BCUT2D eigenvalue weighted by atomic mass is 9.94. The highest BCUT2D eigenvalue weighted by Crippen LogP contribution is 2.39. The molecule has 0 saturated carbocycles. The van der Waals surface area contributed by atoms with E-state index >= 15 is 0 Å². The zero-order valence-corrected chi connectivity index (χ0v) is 16.1. The van der Waals surface area contributed by atoms with E-state index in [0.29, 0.717) is 11.6 Å². The lowest BCUT2D eigenvalue weighted by molar-refractivity contribution is 0.307. The van der Waals surface area contributed by atoms with Gasteiger partial charge in [-0.2, -0.15) is 0 Å². The van der Waals surface area contributed by atoms with E-state index in [-0.39, 0.29) is 0 Å². The van der Waals surface area contributed by atoms with Gasteiger partial charge in [0.1, 0.15) is 12.4 Å². The van der Waals surface area contributed by atoms with Crippen molar-refractivity contribution >= 4 is 17.3 Å². The normalized spacial score (nSPS) is 10.6. The quantitative estimate of drug-likeness (QED) is 0.382. The minimum Gasteiger partial charge on any atom is -0.488 e. The lowest BCUT2D eigenvalue weighted by Gasteiger charge is -2.16. The van der Waals surface area contributed by atoms with Crippen LogP contribution >= 0.6 is 11.6 Å². The van der Waals surface area contributed by atoms with Crippen molar-refractivity contribution < 1.29 is 4.74 Å². The van der Waals surface area contributed by atoms with Gasteiger partial charge in [-0.1, -0.05) is 78.3 Å². The highest BCUT2D eigenvalue weighted by molar-refractivity contribution is 6.31. The third-order valence-electron chi connectivity index (χ3n) is 4.59. The summed E-state index contributed by atoms with van der Waals surface area (Å²) < 4.78 is 6.16. The van der Waals surface area contributed by atoms with Crippen molar-refractivity contribution in [2.24, 2.45) is 0 Å². The molecule has 138 valence electrons. The summed E-state index contributed by atoms with van der Waals surface area (Å²) in [7, 11) is 0. The first-order valence-corrected chi connectivity index (χ1v) is 9.50. The molecule has 0 atom stereocenters. The molecule has 2 nitrogen and oxygen atoms in total. The number of ether oxygens (including phenoxy) is 1. The third-order valence-corrected chi connectivity index (χ3v) is 4.83. The van der Waals surface area contributed by atoms with Crippen molar-refractivity contribution in [2.75, 3.05) is 5.73 Å². The largest absolute Gasteiger partial charge is 0.488 e. The van der Waals surface area contributed by atoms with Crippen LogP contribution in [0.25, 0.3) is 22.3 Å². The van der Waals surface area contributed by atoms with E-state index < -0.39 is 0 Å². The van der Waals surface area contributed by atoms with E-state index in [9.17, 15) is 0 Å². The van der Waals surface area contributed by atoms with Crippen molar-refractivity contribution in [3.8, 4) is 28.0 Å². The van der Waals surface area contributed by atoms with Crippen LogP contribution in [0, 0.1) is 0 Å². The Morgan fingerprint density at radius 2 is 1.43 bits per heavy atom. The average molecular weight is 386 g/mol. The molecule has 0 radical (unpaired) electrons. The average Bonchev–Trinajstić information content (AvgIpc) is 2.73. The van der Waals surface area contributed by atoms with Crippen LogP contribution in [0.2, 0.25) is 5.02 Å². The summed E-state index contributed by atoms with van der Waals surface area (Å²) in [5.41, 5.74) is 12.0. The zero-order chi connectivity index (χ0) is 19.3. The molecule has 0 amide bonds. The smallest absolute Gasteiger partial charge is 0.127 e. The number of benzene rings is 4. The predicted octanol–water partition coefficient (Wildman–Crippen LogP) is 6.84. The first-order valence-electron chi connectivity index (χ1n) is 9.12. The fraction of sp³-hybridized carbons (Fsp3) is 0.0400. The first kappa shape index (κ1) is 18.1. The van der Waals surface area contributed by atoms with Gasteiger partial charge in [-0.05, 0) is 52.6 Å². The fourth-order valence-electron chi connectivity index (χ4n) is 3.25. The molecule has 4 rings (SSSR count). The van der Waals surface area contributed by atoms with Crippen LogP contribution in [0.1, 0.15) is 5.56 Å². The van der Waals surface area contributed by atoms with Crippen molar-refractivity contribution in [1.29, 1.82) is 0 Å². The molecule has 0 bridgehead atoms. The van der Waals surface area contributed by atoms with Gasteiger partial charge in [-0.25, -0.2) is 0 Å². The van der Waals surface area contributed by atoms with Gasteiger partial charge in [0.2, 0.25) is 0 Å². The number of anilines is 1. The predicted molar refractivity (Wildman–Crippen MR) is 118 cm³/mol. The van der Waals surface area contributed by atoms with Crippen LogP contribution in [-0.2, 0) is 6.61 Å². The van der Waals surface area contributed by atoms with Crippen LogP contribution in [0.15, 0.2) is 97.1 Å². The maximum Gasteiger partial charge on any atom is 0.127 e. The van der Waals surface area contributed by atoms with E-state index in [1.165, 1.54) is 0 Å². The minimum atomic E-state index is 0.496. The molecule has 0 heterocycles. The second-order valence-corrected chi connectivity index (χ2v) is 7.02. The maximum atomic E-state index is 6.33. The van der Waals surface area contributed by atoms with Gasteiger partial charge < -0.3 is 10.5 Å². The molecule has 0 fully saturated rings. The van der Waals surface area contributed by atoms with Gasteiger partial charge in [0.05, 0.1) is 0 Å². The Balaban J connectivity index is 1.76. The van der Waals surface area contributed by atoms with E-state index in [1.807, 2.05) is 66.7 Å². The Kier molecular flexibility index (Phi) is 5.31. The Morgan fingerprint density at radius 1 is 0.679 bits per heavy atom. The molecule has 3 heteroatoms. The SMILES string of the molecule is Nc1cccc(-c2ccccc2-c2cc(Cl)ccc2OCc2ccccc2)c1. The third kappa shape index (κ3) is 4.03. The molecule has 2 N–H and O–H groups in total. The van der Waals surface area contributed by atoms with Crippen molar-refractivity contribution in [3.05, 3.63) is 108 Å².